The summed E-state index contributed by atoms with van der Waals surface area (Å²) in [6.07, 6.45) is -2.84. The molecule has 6 rings (SSSR count). The lowest BCUT2D eigenvalue weighted by atomic mass is 9.86. The SMILES string of the molecule is CCOC(=O)N1C[C@H]2C[C@@H]1C[C@@H]2c1ccc(-c2cc(C(=O)OCC(=O)N(C)C)cc3cc(-c4ccc(C(F)(F)F)cc4)ccc23)cc1. The van der Waals surface area contributed by atoms with Crippen molar-refractivity contribution in [2.75, 3.05) is 33.9 Å². The van der Waals surface area contributed by atoms with E-state index in [2.05, 4.69) is 12.1 Å². The first-order chi connectivity index (χ1) is 22.4. The average Bonchev–Trinajstić information content (AvgIpc) is 3.68. The van der Waals surface area contributed by atoms with Crippen molar-refractivity contribution >= 4 is 28.7 Å². The largest absolute Gasteiger partial charge is 0.452 e. The highest BCUT2D eigenvalue weighted by Gasteiger charge is 2.47. The Bertz CT molecular complexity index is 1820. The van der Waals surface area contributed by atoms with Crippen LogP contribution in [0.1, 0.15) is 47.2 Å². The number of carbonyl (C=O) groups is 3. The number of nitrogens with zero attached hydrogens (tertiary/aromatic N) is 2. The summed E-state index contributed by atoms with van der Waals surface area (Å²) in [6.45, 7) is 2.44. The molecule has 1 saturated carbocycles. The highest BCUT2D eigenvalue weighted by Crippen LogP contribution is 2.48. The van der Waals surface area contributed by atoms with E-state index in [1.54, 1.807) is 26.2 Å². The van der Waals surface area contributed by atoms with Crippen molar-refractivity contribution in [3.8, 4) is 22.3 Å². The minimum atomic E-state index is -4.43. The number of rotatable bonds is 7. The number of carbonyl (C=O) groups excluding carboxylic acids is 3. The quantitative estimate of drug-likeness (QED) is 0.192. The van der Waals surface area contributed by atoms with E-state index in [1.807, 2.05) is 42.2 Å². The number of amides is 2. The van der Waals surface area contributed by atoms with Crippen molar-refractivity contribution in [3.63, 3.8) is 0 Å². The molecule has 244 valence electrons. The number of likely N-dealkylation sites (tertiary alicyclic amines) is 1. The van der Waals surface area contributed by atoms with E-state index in [9.17, 15) is 27.6 Å². The number of piperidine rings is 1. The van der Waals surface area contributed by atoms with Crippen LogP contribution >= 0.6 is 0 Å². The van der Waals surface area contributed by atoms with Crippen molar-refractivity contribution in [1.29, 1.82) is 0 Å². The van der Waals surface area contributed by atoms with Gasteiger partial charge < -0.3 is 19.3 Å². The van der Waals surface area contributed by atoms with Gasteiger partial charge in [0.05, 0.1) is 17.7 Å². The molecule has 2 aliphatic rings. The maximum absolute atomic E-state index is 13.2. The Labute approximate surface area is 270 Å². The number of benzene rings is 4. The van der Waals surface area contributed by atoms with Gasteiger partial charge in [0, 0.05) is 26.7 Å². The molecule has 4 aromatic carbocycles. The Balaban J connectivity index is 1.32. The van der Waals surface area contributed by atoms with Gasteiger partial charge in [0.15, 0.2) is 6.61 Å². The molecule has 1 aliphatic heterocycles. The third-order valence-corrected chi connectivity index (χ3v) is 9.25. The zero-order chi connectivity index (χ0) is 33.5. The Morgan fingerprint density at radius 3 is 2.15 bits per heavy atom. The van der Waals surface area contributed by atoms with Crippen LogP contribution in [0.2, 0.25) is 0 Å². The molecule has 0 unspecified atom stereocenters. The van der Waals surface area contributed by atoms with E-state index in [1.165, 1.54) is 22.6 Å². The molecule has 0 N–H and O–H groups in total. The molecule has 47 heavy (non-hydrogen) atoms. The molecule has 0 spiro atoms. The minimum absolute atomic E-state index is 0.175. The number of alkyl halides is 3. The highest BCUT2D eigenvalue weighted by molar-refractivity contribution is 6.04. The van der Waals surface area contributed by atoms with Gasteiger partial charge in [-0.15, -0.1) is 0 Å². The second kappa shape index (κ2) is 12.7. The Hall–Kier alpha value is -4.86. The summed E-state index contributed by atoms with van der Waals surface area (Å²) in [5, 5.41) is 1.54. The summed E-state index contributed by atoms with van der Waals surface area (Å²) in [5.74, 6) is -0.320. The molecular weight excluding hydrogens is 609 g/mol. The van der Waals surface area contributed by atoms with E-state index in [4.69, 9.17) is 9.47 Å². The van der Waals surface area contributed by atoms with Crippen LogP contribution in [0, 0.1) is 5.92 Å². The van der Waals surface area contributed by atoms with E-state index >= 15 is 0 Å². The zero-order valence-electron chi connectivity index (χ0n) is 26.3. The van der Waals surface area contributed by atoms with Crippen LogP contribution in [0.5, 0.6) is 0 Å². The van der Waals surface area contributed by atoms with Gasteiger partial charge in [0.2, 0.25) is 0 Å². The first-order valence-electron chi connectivity index (χ1n) is 15.6. The summed E-state index contributed by atoms with van der Waals surface area (Å²) in [6, 6.07) is 22.4. The van der Waals surface area contributed by atoms with Crippen LogP contribution in [0.4, 0.5) is 18.0 Å². The topological polar surface area (TPSA) is 76.1 Å². The normalized spacial score (nSPS) is 18.8. The lowest BCUT2D eigenvalue weighted by Crippen LogP contribution is -2.39. The van der Waals surface area contributed by atoms with Crippen LogP contribution in [0.25, 0.3) is 33.0 Å². The monoisotopic (exact) mass is 644 g/mol. The van der Waals surface area contributed by atoms with Crippen molar-refractivity contribution in [1.82, 2.24) is 9.80 Å². The number of hydrogen-bond acceptors (Lipinski definition) is 5. The number of likely N-dealkylation sites (N-methyl/N-ethyl adjacent to an activating group) is 1. The van der Waals surface area contributed by atoms with Crippen LogP contribution < -0.4 is 0 Å². The van der Waals surface area contributed by atoms with E-state index in [0.29, 0.717) is 41.5 Å². The fraction of sp³-hybridized carbons (Fsp3) is 0.324. The summed E-state index contributed by atoms with van der Waals surface area (Å²) < 4.78 is 50.0. The maximum atomic E-state index is 13.2. The summed E-state index contributed by atoms with van der Waals surface area (Å²) in [5.41, 5.74) is 3.65. The van der Waals surface area contributed by atoms with Gasteiger partial charge >= 0.3 is 18.2 Å². The third kappa shape index (κ3) is 6.54. The summed E-state index contributed by atoms with van der Waals surface area (Å²) in [7, 11) is 3.15. The second-order valence-electron chi connectivity index (χ2n) is 12.4. The molecule has 3 atom stereocenters. The van der Waals surface area contributed by atoms with E-state index in [-0.39, 0.29) is 23.6 Å². The van der Waals surface area contributed by atoms with Gasteiger partial charge in [-0.3, -0.25) is 4.79 Å². The lowest BCUT2D eigenvalue weighted by Gasteiger charge is -2.31. The minimum Gasteiger partial charge on any atom is -0.452 e. The molecule has 1 aliphatic carbocycles. The van der Waals surface area contributed by atoms with Crippen LogP contribution in [0.3, 0.4) is 0 Å². The van der Waals surface area contributed by atoms with Gasteiger partial charge in [-0.25, -0.2) is 9.59 Å². The maximum Gasteiger partial charge on any atom is 0.416 e. The first-order valence-corrected chi connectivity index (χ1v) is 15.6. The lowest BCUT2D eigenvalue weighted by molar-refractivity contribution is -0.137. The molecule has 2 bridgehead atoms. The summed E-state index contributed by atoms with van der Waals surface area (Å²) >= 11 is 0. The van der Waals surface area contributed by atoms with Gasteiger partial charge in [0.25, 0.3) is 5.91 Å². The van der Waals surface area contributed by atoms with Crippen molar-refractivity contribution in [3.05, 3.63) is 95.6 Å². The fourth-order valence-electron chi connectivity index (χ4n) is 6.80. The van der Waals surface area contributed by atoms with Gasteiger partial charge in [-0.05, 0) is 101 Å². The van der Waals surface area contributed by atoms with Gasteiger partial charge in [-0.1, -0.05) is 48.5 Å². The third-order valence-electron chi connectivity index (χ3n) is 9.25. The smallest absolute Gasteiger partial charge is 0.416 e. The van der Waals surface area contributed by atoms with E-state index in [0.717, 1.165) is 41.5 Å². The zero-order valence-corrected chi connectivity index (χ0v) is 26.3. The number of fused-ring (bicyclic) bond motifs is 3. The Kier molecular flexibility index (Phi) is 8.70. The molecule has 10 heteroatoms. The van der Waals surface area contributed by atoms with E-state index < -0.39 is 24.3 Å². The Morgan fingerprint density at radius 2 is 1.53 bits per heavy atom. The molecule has 7 nitrogen and oxygen atoms in total. The Morgan fingerprint density at radius 1 is 0.851 bits per heavy atom. The second-order valence-corrected chi connectivity index (χ2v) is 12.4. The molecule has 0 radical (unpaired) electrons. The number of hydrogen-bond donors (Lipinski definition) is 0. The molecule has 0 aromatic heterocycles. The van der Waals surface area contributed by atoms with Gasteiger partial charge in [-0.2, -0.15) is 13.2 Å². The molecule has 1 heterocycles. The van der Waals surface area contributed by atoms with Crippen LogP contribution in [-0.4, -0.2) is 67.7 Å². The van der Waals surface area contributed by atoms with Gasteiger partial charge in [0.1, 0.15) is 0 Å². The first kappa shape index (κ1) is 32.1. The molecule has 4 aromatic rings. The van der Waals surface area contributed by atoms with Crippen LogP contribution in [-0.2, 0) is 20.4 Å². The number of halogens is 3. The highest BCUT2D eigenvalue weighted by atomic mass is 19.4. The molecule has 2 fully saturated rings. The van der Waals surface area contributed by atoms with Crippen LogP contribution in [0.15, 0.2) is 78.9 Å². The summed E-state index contributed by atoms with van der Waals surface area (Å²) in [4.78, 5) is 40.8. The standard InChI is InChI=1S/C37H35F3N2O5/c1-4-46-36(45)42-20-28-17-30(42)19-32(28)23-5-7-24(8-6-23)33-18-27(35(44)47-21-34(43)41(2)3)16-26-15-25(11-14-31(26)33)22-9-12-29(13-10-22)37(38,39)40/h5-16,18,28,30,32H,4,17,19-21H2,1-3H3/t28-,30-,32-/m1/s1. The molecule has 2 amide bonds. The average molecular weight is 645 g/mol. The molecule has 1 saturated heterocycles. The van der Waals surface area contributed by atoms with Crippen molar-refractivity contribution in [2.24, 2.45) is 5.92 Å². The molecular formula is C37H35F3N2O5. The van der Waals surface area contributed by atoms with Crippen molar-refractivity contribution in [2.45, 2.75) is 37.9 Å². The number of esters is 1. The fourth-order valence-corrected chi connectivity index (χ4v) is 6.80. The predicted molar refractivity (Wildman–Crippen MR) is 172 cm³/mol. The predicted octanol–water partition coefficient (Wildman–Crippen LogP) is 7.77. The van der Waals surface area contributed by atoms with Crippen molar-refractivity contribution < 1.29 is 37.0 Å². The number of ether oxygens (including phenoxy) is 2.